The molecule has 3 rings (SSSR count). The quantitative estimate of drug-likeness (QED) is 0.800. The van der Waals surface area contributed by atoms with Gasteiger partial charge in [0.05, 0.1) is 12.8 Å². The monoisotopic (exact) mass is 308 g/mol. The number of aryl methyl sites for hydroxylation is 1. The van der Waals surface area contributed by atoms with Crippen molar-refractivity contribution in [3.8, 4) is 22.8 Å². The third-order valence-corrected chi connectivity index (χ3v) is 3.53. The highest BCUT2D eigenvalue weighted by Gasteiger charge is 2.16. The summed E-state index contributed by atoms with van der Waals surface area (Å²) in [5.41, 5.74) is 2.74. The molecule has 0 atom stereocenters. The normalized spacial score (nSPS) is 10.5. The molecular weight excluding hydrogens is 292 g/mol. The van der Waals surface area contributed by atoms with E-state index in [1.54, 1.807) is 11.7 Å². The van der Waals surface area contributed by atoms with Crippen molar-refractivity contribution in [1.82, 2.24) is 9.55 Å². The number of imidazole rings is 1. The Labute approximate surface area is 133 Å². The second kappa shape index (κ2) is 5.96. The van der Waals surface area contributed by atoms with Crippen molar-refractivity contribution in [2.75, 3.05) is 7.11 Å². The van der Waals surface area contributed by atoms with E-state index in [-0.39, 0.29) is 5.69 Å². The van der Waals surface area contributed by atoms with Gasteiger partial charge in [0.2, 0.25) is 0 Å². The first-order valence-electron chi connectivity index (χ1n) is 7.12. The fourth-order valence-electron chi connectivity index (χ4n) is 2.43. The number of aromatic carboxylic acids is 1. The zero-order valence-electron chi connectivity index (χ0n) is 12.9. The van der Waals surface area contributed by atoms with E-state index >= 15 is 0 Å². The molecule has 0 bridgehead atoms. The predicted molar refractivity (Wildman–Crippen MR) is 87.2 cm³/mol. The van der Waals surface area contributed by atoms with Crippen LogP contribution in [-0.4, -0.2) is 27.7 Å². The first-order valence-corrected chi connectivity index (χ1v) is 7.12. The number of aromatic nitrogens is 2. The third kappa shape index (κ3) is 2.94. The summed E-state index contributed by atoms with van der Waals surface area (Å²) < 4.78 is 7.01. The van der Waals surface area contributed by atoms with Gasteiger partial charge in [-0.3, -0.25) is 4.57 Å². The van der Waals surface area contributed by atoms with Crippen molar-refractivity contribution in [2.45, 2.75) is 6.92 Å². The van der Waals surface area contributed by atoms with Gasteiger partial charge in [0.1, 0.15) is 11.6 Å². The Morgan fingerprint density at radius 1 is 1.17 bits per heavy atom. The Kier molecular flexibility index (Phi) is 3.85. The Bertz CT molecular complexity index is 868. The maximum absolute atomic E-state index is 11.3. The minimum absolute atomic E-state index is 0.00401. The zero-order valence-corrected chi connectivity index (χ0v) is 12.9. The molecule has 0 aliphatic heterocycles. The third-order valence-electron chi connectivity index (χ3n) is 3.53. The maximum atomic E-state index is 11.3. The number of carboxylic acids is 1. The van der Waals surface area contributed by atoms with E-state index in [2.05, 4.69) is 4.98 Å². The molecule has 1 N–H and O–H groups in total. The molecular formula is C18H16N2O3. The van der Waals surface area contributed by atoms with Gasteiger partial charge in [-0.25, -0.2) is 9.78 Å². The van der Waals surface area contributed by atoms with Crippen LogP contribution in [0.1, 0.15) is 16.1 Å². The van der Waals surface area contributed by atoms with Crippen LogP contribution in [0, 0.1) is 6.92 Å². The van der Waals surface area contributed by atoms with Crippen LogP contribution in [0.5, 0.6) is 5.75 Å². The number of carbonyl (C=O) groups is 1. The summed E-state index contributed by atoms with van der Waals surface area (Å²) in [6.07, 6.45) is 1.52. The summed E-state index contributed by atoms with van der Waals surface area (Å²) in [5.74, 6) is 0.225. The van der Waals surface area contributed by atoms with Crippen molar-refractivity contribution in [1.29, 1.82) is 0 Å². The topological polar surface area (TPSA) is 64.3 Å². The average Bonchev–Trinajstić information content (AvgIpc) is 3.00. The van der Waals surface area contributed by atoms with Gasteiger partial charge in [-0.15, -0.1) is 0 Å². The molecule has 0 radical (unpaired) electrons. The smallest absolute Gasteiger partial charge is 0.356 e. The lowest BCUT2D eigenvalue weighted by Gasteiger charge is -2.09. The van der Waals surface area contributed by atoms with Crippen LogP contribution < -0.4 is 4.74 Å². The molecule has 5 nitrogen and oxygen atoms in total. The number of nitrogens with zero attached hydrogens (tertiary/aromatic N) is 2. The minimum atomic E-state index is -1.06. The number of methoxy groups -OCH3 is 1. The molecule has 0 unspecified atom stereocenters. The van der Waals surface area contributed by atoms with Gasteiger partial charge in [0.15, 0.2) is 5.69 Å². The van der Waals surface area contributed by atoms with Gasteiger partial charge in [0, 0.05) is 17.8 Å². The Hall–Kier alpha value is -3.08. The van der Waals surface area contributed by atoms with Crippen LogP contribution in [0.3, 0.4) is 0 Å². The summed E-state index contributed by atoms with van der Waals surface area (Å²) in [4.78, 5) is 15.6. The van der Waals surface area contributed by atoms with Crippen LogP contribution in [-0.2, 0) is 0 Å². The van der Waals surface area contributed by atoms with Crippen molar-refractivity contribution in [3.05, 3.63) is 66.0 Å². The van der Waals surface area contributed by atoms with Crippen LogP contribution in [0.25, 0.3) is 17.1 Å². The summed E-state index contributed by atoms with van der Waals surface area (Å²) in [5, 5.41) is 9.27. The Balaban J connectivity index is 2.20. The number of benzene rings is 2. The molecule has 0 saturated heterocycles. The van der Waals surface area contributed by atoms with Crippen molar-refractivity contribution >= 4 is 5.97 Å². The number of ether oxygens (including phenoxy) is 1. The van der Waals surface area contributed by atoms with E-state index in [4.69, 9.17) is 4.74 Å². The van der Waals surface area contributed by atoms with Gasteiger partial charge >= 0.3 is 5.97 Å². The summed E-state index contributed by atoms with van der Waals surface area (Å²) in [6, 6.07) is 15.2. The molecule has 0 aliphatic carbocycles. The van der Waals surface area contributed by atoms with Gasteiger partial charge in [-0.05, 0) is 25.1 Å². The number of rotatable bonds is 4. The van der Waals surface area contributed by atoms with Crippen LogP contribution >= 0.6 is 0 Å². The molecule has 5 heteroatoms. The van der Waals surface area contributed by atoms with Crippen LogP contribution in [0.4, 0.5) is 0 Å². The average molecular weight is 308 g/mol. The predicted octanol–water partition coefficient (Wildman–Crippen LogP) is 3.55. The van der Waals surface area contributed by atoms with Gasteiger partial charge in [0.25, 0.3) is 0 Å². The molecule has 0 amide bonds. The first-order chi connectivity index (χ1) is 11.1. The van der Waals surface area contributed by atoms with E-state index in [1.807, 2.05) is 55.5 Å². The standard InChI is InChI=1S/C18H16N2O3/c1-12-5-3-6-13(9-12)17-19-16(18(21)22)11-20(17)14-7-4-8-15(10-14)23-2/h3-11H,1-2H3,(H,21,22). The summed E-state index contributed by atoms with van der Waals surface area (Å²) in [6.45, 7) is 1.99. The second-order valence-corrected chi connectivity index (χ2v) is 5.20. The van der Waals surface area contributed by atoms with Gasteiger partial charge < -0.3 is 9.84 Å². The second-order valence-electron chi connectivity index (χ2n) is 5.20. The van der Waals surface area contributed by atoms with Gasteiger partial charge in [-0.2, -0.15) is 0 Å². The summed E-state index contributed by atoms with van der Waals surface area (Å²) in [7, 11) is 1.59. The first kappa shape index (κ1) is 14.8. The van der Waals surface area contributed by atoms with Crippen molar-refractivity contribution in [3.63, 3.8) is 0 Å². The van der Waals surface area contributed by atoms with Crippen LogP contribution in [0.15, 0.2) is 54.7 Å². The largest absolute Gasteiger partial charge is 0.497 e. The maximum Gasteiger partial charge on any atom is 0.356 e. The van der Waals surface area contributed by atoms with E-state index in [1.165, 1.54) is 6.20 Å². The van der Waals surface area contributed by atoms with Crippen molar-refractivity contribution < 1.29 is 14.6 Å². The Morgan fingerprint density at radius 2 is 1.96 bits per heavy atom. The lowest BCUT2D eigenvalue weighted by molar-refractivity contribution is 0.0691. The highest BCUT2D eigenvalue weighted by atomic mass is 16.5. The van der Waals surface area contributed by atoms with E-state index < -0.39 is 5.97 Å². The number of hydrogen-bond donors (Lipinski definition) is 1. The van der Waals surface area contributed by atoms with E-state index in [0.29, 0.717) is 11.6 Å². The molecule has 3 aromatic rings. The van der Waals surface area contributed by atoms with Gasteiger partial charge in [-0.1, -0.05) is 29.8 Å². The van der Waals surface area contributed by atoms with E-state index in [9.17, 15) is 9.90 Å². The molecule has 0 saturated carbocycles. The minimum Gasteiger partial charge on any atom is -0.497 e. The molecule has 0 aliphatic rings. The van der Waals surface area contributed by atoms with Crippen LogP contribution in [0.2, 0.25) is 0 Å². The zero-order chi connectivity index (χ0) is 16.4. The SMILES string of the molecule is COc1cccc(-n2cc(C(=O)O)nc2-c2cccc(C)c2)c1. The molecule has 2 aromatic carbocycles. The molecule has 1 heterocycles. The highest BCUT2D eigenvalue weighted by Crippen LogP contribution is 2.25. The highest BCUT2D eigenvalue weighted by molar-refractivity contribution is 5.86. The lowest BCUT2D eigenvalue weighted by atomic mass is 10.1. The number of carboxylic acid groups (broad SMARTS) is 1. The fraction of sp³-hybridized carbons (Fsp3) is 0.111. The molecule has 0 fully saturated rings. The van der Waals surface area contributed by atoms with E-state index in [0.717, 1.165) is 16.8 Å². The molecule has 116 valence electrons. The molecule has 23 heavy (non-hydrogen) atoms. The molecule has 1 aromatic heterocycles. The Morgan fingerprint density at radius 3 is 2.65 bits per heavy atom. The molecule has 0 spiro atoms. The number of hydrogen-bond acceptors (Lipinski definition) is 3. The summed E-state index contributed by atoms with van der Waals surface area (Å²) >= 11 is 0. The fourth-order valence-corrected chi connectivity index (χ4v) is 2.43. The lowest BCUT2D eigenvalue weighted by Crippen LogP contribution is -1.97. The van der Waals surface area contributed by atoms with Crippen molar-refractivity contribution in [2.24, 2.45) is 0 Å².